The van der Waals surface area contributed by atoms with Crippen LogP contribution in [0.15, 0.2) is 57.9 Å². The molecule has 5 nitrogen and oxygen atoms in total. The summed E-state index contributed by atoms with van der Waals surface area (Å²) in [5.74, 6) is -0.201. The Morgan fingerprint density at radius 3 is 2.59 bits per heavy atom. The van der Waals surface area contributed by atoms with Crippen molar-refractivity contribution in [2.75, 3.05) is 5.32 Å². The van der Waals surface area contributed by atoms with Gasteiger partial charge in [0.25, 0.3) is 5.69 Å². The zero-order valence-corrected chi connectivity index (χ0v) is 14.1. The fourth-order valence-corrected chi connectivity index (χ4v) is 2.84. The summed E-state index contributed by atoms with van der Waals surface area (Å²) >= 11 is 4.78. The predicted octanol–water partition coefficient (Wildman–Crippen LogP) is 4.48. The van der Waals surface area contributed by atoms with Crippen molar-refractivity contribution >= 4 is 45.0 Å². The van der Waals surface area contributed by atoms with E-state index in [1.165, 1.54) is 23.9 Å². The van der Waals surface area contributed by atoms with Crippen molar-refractivity contribution in [1.82, 2.24) is 0 Å². The molecule has 0 aliphatic carbocycles. The van der Waals surface area contributed by atoms with Gasteiger partial charge in [-0.1, -0.05) is 22.0 Å². The highest BCUT2D eigenvalue weighted by molar-refractivity contribution is 9.10. The smallest absolute Gasteiger partial charge is 0.271 e. The van der Waals surface area contributed by atoms with Gasteiger partial charge in [-0.25, -0.2) is 0 Å². The van der Waals surface area contributed by atoms with Gasteiger partial charge in [-0.05, 0) is 37.3 Å². The number of nitro groups is 1. The fraction of sp³-hybridized carbons (Fsp3) is 0.133. The number of halogens is 1. The molecule has 2 aromatic carbocycles. The van der Waals surface area contributed by atoms with Gasteiger partial charge in [0.1, 0.15) is 0 Å². The first kappa shape index (κ1) is 16.5. The molecule has 2 rings (SSSR count). The molecule has 1 N–H and O–H groups in total. The van der Waals surface area contributed by atoms with Gasteiger partial charge in [-0.3, -0.25) is 14.9 Å². The van der Waals surface area contributed by atoms with Crippen molar-refractivity contribution in [3.05, 3.63) is 63.1 Å². The molecule has 22 heavy (non-hydrogen) atoms. The third-order valence-electron chi connectivity index (χ3n) is 2.82. The molecule has 114 valence electrons. The number of nitrogens with one attached hydrogen (secondary N) is 1. The number of amides is 1. The molecule has 1 amide bonds. The second kappa shape index (κ2) is 7.42. The summed E-state index contributed by atoms with van der Waals surface area (Å²) in [5, 5.41) is 13.1. The Bertz CT molecular complexity index is 691. The number of thioether (sulfide) groups is 1. The number of carbonyl (C=O) groups is 1. The van der Waals surface area contributed by atoms with E-state index in [9.17, 15) is 14.9 Å². The van der Waals surface area contributed by atoms with E-state index in [4.69, 9.17) is 0 Å². The van der Waals surface area contributed by atoms with E-state index >= 15 is 0 Å². The minimum absolute atomic E-state index is 0.0500. The molecule has 0 aliphatic rings. The van der Waals surface area contributed by atoms with Crippen LogP contribution in [0, 0.1) is 10.1 Å². The van der Waals surface area contributed by atoms with Crippen LogP contribution in [0.2, 0.25) is 0 Å². The molecule has 0 saturated carbocycles. The van der Waals surface area contributed by atoms with Crippen LogP contribution in [0.3, 0.4) is 0 Å². The van der Waals surface area contributed by atoms with Gasteiger partial charge in [0.15, 0.2) is 0 Å². The average molecular weight is 381 g/mol. The monoisotopic (exact) mass is 380 g/mol. The zero-order valence-electron chi connectivity index (χ0n) is 11.7. The molecule has 0 radical (unpaired) electrons. The minimum Gasteiger partial charge on any atom is -0.325 e. The van der Waals surface area contributed by atoms with Crippen LogP contribution >= 0.6 is 27.7 Å². The van der Waals surface area contributed by atoms with Crippen molar-refractivity contribution in [2.45, 2.75) is 17.1 Å². The second-order valence-corrected chi connectivity index (χ2v) is 6.84. The minimum atomic E-state index is -0.490. The fourth-order valence-electron chi connectivity index (χ4n) is 1.71. The molecule has 0 aromatic heterocycles. The van der Waals surface area contributed by atoms with Crippen LogP contribution in [0.25, 0.3) is 0 Å². The summed E-state index contributed by atoms with van der Waals surface area (Å²) in [5.41, 5.74) is 0.369. The third-order valence-corrected chi connectivity index (χ3v) is 4.46. The van der Waals surface area contributed by atoms with E-state index in [-0.39, 0.29) is 16.8 Å². The highest BCUT2D eigenvalue weighted by atomic mass is 79.9. The summed E-state index contributed by atoms with van der Waals surface area (Å²) in [6.07, 6.45) is 0. The molecule has 0 saturated heterocycles. The Balaban J connectivity index is 2.00. The lowest BCUT2D eigenvalue weighted by molar-refractivity contribution is -0.384. The lowest BCUT2D eigenvalue weighted by Gasteiger charge is -2.12. The molecule has 0 aliphatic heterocycles. The van der Waals surface area contributed by atoms with E-state index in [1.807, 2.05) is 24.3 Å². The van der Waals surface area contributed by atoms with E-state index in [0.29, 0.717) is 5.69 Å². The molecule has 0 bridgehead atoms. The molecular formula is C15H13BrN2O3S. The van der Waals surface area contributed by atoms with Gasteiger partial charge >= 0.3 is 0 Å². The number of anilines is 1. The number of hydrogen-bond donors (Lipinski definition) is 1. The summed E-state index contributed by atoms with van der Waals surface area (Å²) in [7, 11) is 0. The highest BCUT2D eigenvalue weighted by Gasteiger charge is 2.15. The molecule has 0 fully saturated rings. The Labute approximate surface area is 140 Å². The van der Waals surface area contributed by atoms with Crippen molar-refractivity contribution in [2.24, 2.45) is 0 Å². The first-order valence-corrected chi connectivity index (χ1v) is 8.10. The number of benzene rings is 2. The number of non-ortho nitro benzene ring substituents is 1. The topological polar surface area (TPSA) is 72.2 Å². The number of hydrogen-bond acceptors (Lipinski definition) is 4. The highest BCUT2D eigenvalue weighted by Crippen LogP contribution is 2.26. The average Bonchev–Trinajstić information content (AvgIpc) is 2.49. The first-order valence-electron chi connectivity index (χ1n) is 6.43. The molecule has 2 aromatic rings. The maximum absolute atomic E-state index is 12.2. The summed E-state index contributed by atoms with van der Waals surface area (Å²) in [6.45, 7) is 1.79. The van der Waals surface area contributed by atoms with E-state index in [2.05, 4.69) is 21.2 Å². The predicted molar refractivity (Wildman–Crippen MR) is 91.2 cm³/mol. The second-order valence-electron chi connectivity index (χ2n) is 4.51. The quantitative estimate of drug-likeness (QED) is 0.471. The number of rotatable bonds is 5. The maximum Gasteiger partial charge on any atom is 0.271 e. The van der Waals surface area contributed by atoms with Gasteiger partial charge in [0, 0.05) is 27.2 Å². The molecule has 0 spiro atoms. The summed E-state index contributed by atoms with van der Waals surface area (Å²) in [4.78, 5) is 23.4. The van der Waals surface area contributed by atoms with E-state index in [0.717, 1.165) is 9.37 Å². The van der Waals surface area contributed by atoms with Crippen LogP contribution in [0.5, 0.6) is 0 Å². The van der Waals surface area contributed by atoms with Gasteiger partial charge < -0.3 is 5.32 Å². The maximum atomic E-state index is 12.2. The zero-order chi connectivity index (χ0) is 16.1. The Morgan fingerprint density at radius 1 is 1.27 bits per heavy atom. The Hall–Kier alpha value is -1.86. The molecule has 0 heterocycles. The SMILES string of the molecule is CC(Sc1ccc(Br)cc1)C(=O)Nc1cccc([N+](=O)[O-])c1. The van der Waals surface area contributed by atoms with Gasteiger partial charge in [0.05, 0.1) is 10.2 Å². The molecule has 7 heteroatoms. The Kier molecular flexibility index (Phi) is 5.57. The Morgan fingerprint density at radius 2 is 1.95 bits per heavy atom. The third kappa shape index (κ3) is 4.57. The van der Waals surface area contributed by atoms with Gasteiger partial charge in [-0.15, -0.1) is 11.8 Å². The van der Waals surface area contributed by atoms with E-state index < -0.39 is 4.92 Å². The summed E-state index contributed by atoms with van der Waals surface area (Å²) < 4.78 is 0.977. The number of nitrogens with zero attached hydrogens (tertiary/aromatic N) is 1. The van der Waals surface area contributed by atoms with Crippen LogP contribution in [-0.2, 0) is 4.79 Å². The summed E-state index contributed by atoms with van der Waals surface area (Å²) in [6, 6.07) is 13.6. The normalized spacial score (nSPS) is 11.7. The molecule has 1 unspecified atom stereocenters. The van der Waals surface area contributed by atoms with Crippen molar-refractivity contribution in [3.63, 3.8) is 0 Å². The van der Waals surface area contributed by atoms with E-state index in [1.54, 1.807) is 19.1 Å². The molecule has 1 atom stereocenters. The van der Waals surface area contributed by atoms with Crippen molar-refractivity contribution in [1.29, 1.82) is 0 Å². The number of nitro benzene ring substituents is 1. The largest absolute Gasteiger partial charge is 0.325 e. The standard InChI is InChI=1S/C15H13BrN2O3S/c1-10(22-14-7-5-11(16)6-8-14)15(19)17-12-3-2-4-13(9-12)18(20)21/h2-10H,1H3,(H,17,19). The van der Waals surface area contributed by atoms with Gasteiger partial charge in [-0.2, -0.15) is 0 Å². The lowest BCUT2D eigenvalue weighted by Crippen LogP contribution is -2.22. The first-order chi connectivity index (χ1) is 10.5. The van der Waals surface area contributed by atoms with Gasteiger partial charge in [0.2, 0.25) is 5.91 Å². The van der Waals surface area contributed by atoms with Crippen LogP contribution in [0.4, 0.5) is 11.4 Å². The van der Waals surface area contributed by atoms with Crippen molar-refractivity contribution < 1.29 is 9.72 Å². The lowest BCUT2D eigenvalue weighted by atomic mass is 10.2. The van der Waals surface area contributed by atoms with Crippen molar-refractivity contribution in [3.8, 4) is 0 Å². The van der Waals surface area contributed by atoms with Crippen LogP contribution in [-0.4, -0.2) is 16.1 Å². The molecular weight excluding hydrogens is 368 g/mol. The van der Waals surface area contributed by atoms with Crippen LogP contribution < -0.4 is 5.32 Å². The number of carbonyl (C=O) groups excluding carboxylic acids is 1. The van der Waals surface area contributed by atoms with Crippen LogP contribution in [0.1, 0.15) is 6.92 Å².